The van der Waals surface area contributed by atoms with Crippen molar-refractivity contribution < 1.29 is 155 Å². The second-order valence-corrected chi connectivity index (χ2v) is 29.1. The lowest BCUT2D eigenvalue weighted by molar-refractivity contribution is -0.461. The minimum absolute atomic E-state index is 0.0435. The average Bonchev–Trinajstić information content (AvgIpc) is 0.695. The quantitative estimate of drug-likeness (QED) is 0.00787. The summed E-state index contributed by atoms with van der Waals surface area (Å²) in [5.41, 5.74) is 3.83. The van der Waals surface area contributed by atoms with Crippen LogP contribution in [0.2, 0.25) is 0 Å². The molecule has 0 aliphatic carbocycles. The van der Waals surface area contributed by atoms with Crippen LogP contribution in [0, 0.1) is 20.8 Å². The molecule has 5 atom stereocenters. The van der Waals surface area contributed by atoms with Gasteiger partial charge in [-0.3, -0.25) is 38.6 Å². The number of benzene rings is 2. The van der Waals surface area contributed by atoms with E-state index < -0.39 is 228 Å². The highest BCUT2D eigenvalue weighted by Crippen LogP contribution is 2.64. The number of carbonyl (C=O) groups excluding carboxylic acids is 9. The molecule has 0 aliphatic heterocycles. The molecule has 109 heavy (non-hydrogen) atoms. The van der Waals surface area contributed by atoms with Crippen molar-refractivity contribution in [3.05, 3.63) is 52.6 Å². The van der Waals surface area contributed by atoms with Gasteiger partial charge in [0, 0.05) is 37.9 Å². The summed E-state index contributed by atoms with van der Waals surface area (Å²) in [7, 11) is -2.12. The number of aryl methyl sites for hydroxylation is 2. The number of esters is 2. The molecule has 2 aromatic rings. The van der Waals surface area contributed by atoms with Crippen molar-refractivity contribution in [1.82, 2.24) is 41.9 Å². The molecule has 0 aliphatic rings. The molecule has 45 heteroatoms. The van der Waals surface area contributed by atoms with Crippen LogP contribution < -0.4 is 52.4 Å². The molecule has 0 spiro atoms. The normalized spacial score (nSPS) is 14.7. The first kappa shape index (κ1) is 96.1. The maximum absolute atomic E-state index is 14.8. The smallest absolute Gasteiger partial charge is 0.460 e. The van der Waals surface area contributed by atoms with Gasteiger partial charge in [0.2, 0.25) is 41.4 Å². The van der Waals surface area contributed by atoms with E-state index in [4.69, 9.17) is 29.4 Å². The number of nitrogens with two attached hydrogens (primary N) is 1. The maximum atomic E-state index is 14.8. The number of rotatable bonds is 38. The van der Waals surface area contributed by atoms with Crippen molar-refractivity contribution in [2.45, 2.75) is 234 Å². The minimum Gasteiger partial charge on any atom is -0.508 e. The molecule has 0 bridgehead atoms. The Morgan fingerprint density at radius 1 is 0.560 bits per heavy atom. The number of guanidine groups is 1. The Hall–Kier alpha value is -8.94. The van der Waals surface area contributed by atoms with E-state index in [-0.39, 0.29) is 35.4 Å². The van der Waals surface area contributed by atoms with Gasteiger partial charge in [0.25, 0.3) is 10.0 Å². The molecule has 5 unspecified atom stereocenters. The van der Waals surface area contributed by atoms with Crippen LogP contribution in [0.5, 0.6) is 11.5 Å². The number of aliphatic imine (C=N–C) groups is 1. The summed E-state index contributed by atoms with van der Waals surface area (Å²) in [6, 6.07) is -3.53. The SMILES string of the molecule is COC(=O)C(CCCNC(=O)C(Cc1ccc(O)cc1)NC(=O)CCC(F)(F)C(F)(F)C(F)(F)C(F)(F)C(F)(F)C(F)(F)C(F)(F)C(F)(F)F)NC(=O)C(COC(C)(C)C)NC(=O)C(CC(=O)OC(C)(C)C)NC(=O)CNC(=O)C(CCCN=C(N)NS(=O)(=O)c1c(C)cc(C)c(OC)c1C)NC(=O)OC(C)(C)C. The van der Waals surface area contributed by atoms with Gasteiger partial charge in [0.1, 0.15) is 52.9 Å². The summed E-state index contributed by atoms with van der Waals surface area (Å²) in [4.78, 5) is 126. The predicted molar refractivity (Wildman–Crippen MR) is 349 cm³/mol. The zero-order valence-electron chi connectivity index (χ0n) is 61.1. The maximum Gasteiger partial charge on any atom is 0.460 e. The number of alkyl halides is 17. The largest absolute Gasteiger partial charge is 0.508 e. The molecule has 0 saturated heterocycles. The van der Waals surface area contributed by atoms with Gasteiger partial charge >= 0.3 is 65.7 Å². The zero-order chi connectivity index (χ0) is 84.6. The lowest BCUT2D eigenvalue weighted by atomic mass is 9.88. The molecule has 27 nitrogen and oxygen atoms in total. The summed E-state index contributed by atoms with van der Waals surface area (Å²) in [6.45, 7) is 15.6. The molecule has 2 rings (SSSR count). The monoisotopic (exact) mass is 1620 g/mol. The Balaban J connectivity index is 2.41. The summed E-state index contributed by atoms with van der Waals surface area (Å²) in [5, 5.41) is 25.0. The fourth-order valence-corrected chi connectivity index (χ4v) is 11.1. The van der Waals surface area contributed by atoms with Crippen molar-refractivity contribution >= 4 is 69.5 Å². The highest BCUT2D eigenvalue weighted by atomic mass is 32.2. The van der Waals surface area contributed by atoms with Crippen molar-refractivity contribution in [2.24, 2.45) is 10.7 Å². The molecule has 0 saturated carbocycles. The second kappa shape index (κ2) is 37.2. The summed E-state index contributed by atoms with van der Waals surface area (Å²) < 4.78 is 292. The Bertz CT molecular complexity index is 3700. The van der Waals surface area contributed by atoms with Gasteiger partial charge in [-0.1, -0.05) is 18.2 Å². The van der Waals surface area contributed by atoms with Crippen LogP contribution in [0.25, 0.3) is 0 Å². The average molecular weight is 1620 g/mol. The number of aromatic hydroxyl groups is 1. The van der Waals surface area contributed by atoms with Crippen LogP contribution in [0.3, 0.4) is 0 Å². The van der Waals surface area contributed by atoms with Gasteiger partial charge in [-0.05, 0) is 138 Å². The third-order valence-electron chi connectivity index (χ3n) is 14.9. The van der Waals surface area contributed by atoms with Crippen molar-refractivity contribution in [3.63, 3.8) is 0 Å². The number of nitrogens with one attached hydrogen (secondary N) is 8. The zero-order valence-corrected chi connectivity index (χ0v) is 61.9. The van der Waals surface area contributed by atoms with E-state index in [0.717, 1.165) is 31.4 Å². The van der Waals surface area contributed by atoms with E-state index in [1.165, 1.54) is 76.3 Å². The van der Waals surface area contributed by atoms with E-state index in [2.05, 4.69) is 41.6 Å². The van der Waals surface area contributed by atoms with Crippen LogP contribution in [-0.2, 0) is 73.7 Å². The Morgan fingerprint density at radius 2 is 1.06 bits per heavy atom. The number of hydrogen-bond donors (Lipinski definition) is 10. The van der Waals surface area contributed by atoms with E-state index in [1.807, 2.05) is 0 Å². The fraction of sp³-hybridized carbons (Fsp3) is 0.656. The van der Waals surface area contributed by atoms with Gasteiger partial charge in [-0.2, -0.15) is 74.6 Å². The Morgan fingerprint density at radius 3 is 1.57 bits per heavy atom. The summed E-state index contributed by atoms with van der Waals surface area (Å²) >= 11 is 0. The van der Waals surface area contributed by atoms with E-state index in [9.17, 15) is 131 Å². The Labute approximate surface area is 613 Å². The lowest BCUT2D eigenvalue weighted by Crippen LogP contribution is -2.74. The van der Waals surface area contributed by atoms with Crippen molar-refractivity contribution in [3.8, 4) is 11.5 Å². The molecule has 0 radical (unpaired) electrons. The molecular weight excluding hydrogens is 1540 g/mol. The number of sulfonamides is 1. The van der Waals surface area contributed by atoms with Gasteiger partial charge in [-0.15, -0.1) is 0 Å². The van der Waals surface area contributed by atoms with Crippen LogP contribution in [0.4, 0.5) is 79.4 Å². The molecular formula is C64H87F17N10O17S. The summed E-state index contributed by atoms with van der Waals surface area (Å²) in [5.74, 6) is -69.8. The number of alkyl carbamates (subject to hydrolysis) is 1. The van der Waals surface area contributed by atoms with Crippen LogP contribution in [0.1, 0.15) is 130 Å². The standard InChI is InChI=1S/C64H87F17N10O17S/c1-32-27-33(2)46(34(3)45(32)104-13)109(102,103)91-52(82)84-26-15-17-37(90-53(101)108-56(10,11)12)47(96)85-30-43(94)87-40(29-44(95)107-55(7,8)9)49(98)89-41(31-106-54(4,5)6)50(99)88-38(51(100)105-14)18-16-25-83-48(97)39(28-35-19-21-36(92)22-20-35)86-42(93)23-24-57(65,66)58(67,68)59(69,70)60(71,72)61(73,74)62(75,76)63(77,78)64(79,80)81/h19-22,27,37-41,92H,15-18,23-26,28-31H2,1-14H3,(H,83,97)(H,85,96)(H,86,93)(H,87,94)(H,88,99)(H,89,98)(H,90,101)(H3,82,84,91). The minimum atomic E-state index is -8.89. The van der Waals surface area contributed by atoms with Gasteiger partial charge < -0.3 is 71.7 Å². The number of phenolic OH excluding ortho intramolecular Hbond substituents is 1. The van der Waals surface area contributed by atoms with Crippen molar-refractivity contribution in [1.29, 1.82) is 0 Å². The third kappa shape index (κ3) is 26.4. The topological polar surface area (TPSA) is 389 Å². The highest BCUT2D eigenvalue weighted by molar-refractivity contribution is 7.90. The predicted octanol–water partition coefficient (Wildman–Crippen LogP) is 7.30. The molecule has 2 aromatic carbocycles. The van der Waals surface area contributed by atoms with Crippen LogP contribution in [-0.4, -0.2) is 208 Å². The van der Waals surface area contributed by atoms with Gasteiger partial charge in [0.05, 0.1) is 44.3 Å². The first-order valence-corrected chi connectivity index (χ1v) is 33.9. The van der Waals surface area contributed by atoms with Crippen molar-refractivity contribution in [2.75, 3.05) is 40.5 Å². The molecule has 11 N–H and O–H groups in total. The number of ether oxygens (including phenoxy) is 5. The van der Waals surface area contributed by atoms with Gasteiger partial charge in [0.15, 0.2) is 0 Å². The number of methoxy groups -OCH3 is 2. The number of nitrogens with zero attached hydrogens (tertiary/aromatic N) is 1. The third-order valence-corrected chi connectivity index (χ3v) is 16.6. The number of hydrogen-bond acceptors (Lipinski definition) is 18. The van der Waals surface area contributed by atoms with E-state index in [1.54, 1.807) is 25.2 Å². The van der Waals surface area contributed by atoms with E-state index in [0.29, 0.717) is 16.9 Å². The van der Waals surface area contributed by atoms with Crippen LogP contribution in [0.15, 0.2) is 40.2 Å². The fourth-order valence-electron chi connectivity index (χ4n) is 9.67. The Kier molecular flexibility index (Phi) is 32.8. The molecule has 0 fully saturated rings. The summed E-state index contributed by atoms with van der Waals surface area (Å²) in [6.07, 6.45) is -17.6. The highest BCUT2D eigenvalue weighted by Gasteiger charge is 2.95. The molecule has 0 heterocycles. The molecule has 7 amide bonds. The van der Waals surface area contributed by atoms with Gasteiger partial charge in [-0.25, -0.2) is 22.7 Å². The second-order valence-electron chi connectivity index (χ2n) is 27.5. The number of halogens is 17. The lowest BCUT2D eigenvalue weighted by Gasteiger charge is -2.42. The first-order valence-electron chi connectivity index (χ1n) is 32.4. The number of amides is 7. The van der Waals surface area contributed by atoms with E-state index >= 15 is 0 Å². The number of phenols is 1. The molecule has 620 valence electrons. The van der Waals surface area contributed by atoms with Crippen LogP contribution >= 0.6 is 0 Å². The number of carbonyl (C=O) groups is 9. The first-order chi connectivity index (χ1) is 49.3. The molecule has 0 aromatic heterocycles.